The lowest BCUT2D eigenvalue weighted by Gasteiger charge is -2.37. The van der Waals surface area contributed by atoms with Gasteiger partial charge >= 0.3 is 0 Å². The SMILES string of the molecule is CCc1ccc([C@@H]2[C@H](C(=O)Nc3ccccc3)[C@@H](C)Nc3ncnn32)cc1. The van der Waals surface area contributed by atoms with Crippen molar-refractivity contribution >= 4 is 17.5 Å². The van der Waals surface area contributed by atoms with E-state index in [9.17, 15) is 4.79 Å². The van der Waals surface area contributed by atoms with Gasteiger partial charge in [0.25, 0.3) is 0 Å². The predicted molar refractivity (Wildman–Crippen MR) is 106 cm³/mol. The van der Waals surface area contributed by atoms with Crippen molar-refractivity contribution in [1.82, 2.24) is 14.8 Å². The Balaban J connectivity index is 1.71. The number of benzene rings is 2. The third kappa shape index (κ3) is 3.30. The molecular formula is C21H23N5O. The molecule has 0 saturated carbocycles. The van der Waals surface area contributed by atoms with Crippen LogP contribution in [0.4, 0.5) is 11.6 Å². The molecule has 0 fully saturated rings. The number of fused-ring (bicyclic) bond motifs is 1. The molecular weight excluding hydrogens is 338 g/mol. The van der Waals surface area contributed by atoms with Gasteiger partial charge in [0.15, 0.2) is 0 Å². The molecule has 2 aromatic carbocycles. The van der Waals surface area contributed by atoms with Gasteiger partial charge in [-0.3, -0.25) is 4.79 Å². The molecule has 0 unspecified atom stereocenters. The van der Waals surface area contributed by atoms with Gasteiger partial charge in [0, 0.05) is 11.7 Å². The minimum absolute atomic E-state index is 0.0353. The molecule has 3 aromatic rings. The Morgan fingerprint density at radius 3 is 2.59 bits per heavy atom. The number of nitrogens with zero attached hydrogens (tertiary/aromatic N) is 3. The number of nitrogens with one attached hydrogen (secondary N) is 2. The Hall–Kier alpha value is -3.15. The van der Waals surface area contributed by atoms with Crippen molar-refractivity contribution in [2.24, 2.45) is 5.92 Å². The number of para-hydroxylation sites is 1. The van der Waals surface area contributed by atoms with E-state index in [0.29, 0.717) is 5.95 Å². The number of rotatable bonds is 4. The average Bonchev–Trinajstić information content (AvgIpc) is 3.15. The summed E-state index contributed by atoms with van der Waals surface area (Å²) in [6.07, 6.45) is 2.51. The zero-order valence-electron chi connectivity index (χ0n) is 15.5. The highest BCUT2D eigenvalue weighted by Gasteiger charge is 2.41. The standard InChI is InChI=1S/C21H23N5O/c1-3-15-9-11-16(12-10-15)19-18(14(2)24-21-22-13-23-26(19)21)20(27)25-17-7-5-4-6-8-17/h4-14,18-19H,3H2,1-2H3,(H,25,27)(H,22,23,24)/t14-,18-,19-/m1/s1. The zero-order chi connectivity index (χ0) is 18.8. The highest BCUT2D eigenvalue weighted by atomic mass is 16.2. The van der Waals surface area contributed by atoms with Crippen LogP contribution in [-0.2, 0) is 11.2 Å². The molecule has 27 heavy (non-hydrogen) atoms. The van der Waals surface area contributed by atoms with Crippen molar-refractivity contribution in [3.05, 3.63) is 72.1 Å². The molecule has 6 nitrogen and oxygen atoms in total. The Morgan fingerprint density at radius 2 is 1.89 bits per heavy atom. The molecule has 0 saturated heterocycles. The Labute approximate surface area is 158 Å². The van der Waals surface area contributed by atoms with E-state index in [-0.39, 0.29) is 23.9 Å². The number of aromatic nitrogens is 3. The third-order valence-corrected chi connectivity index (χ3v) is 5.15. The Bertz CT molecular complexity index is 919. The molecule has 0 radical (unpaired) electrons. The molecule has 1 aliphatic rings. The summed E-state index contributed by atoms with van der Waals surface area (Å²) in [6, 6.07) is 17.7. The predicted octanol–water partition coefficient (Wildman–Crippen LogP) is 3.50. The smallest absolute Gasteiger partial charge is 0.232 e. The molecule has 4 rings (SSSR count). The van der Waals surface area contributed by atoms with E-state index in [2.05, 4.69) is 51.9 Å². The van der Waals surface area contributed by atoms with Crippen molar-refractivity contribution in [2.45, 2.75) is 32.4 Å². The van der Waals surface area contributed by atoms with Gasteiger partial charge in [-0.15, -0.1) is 0 Å². The number of amides is 1. The fraction of sp³-hybridized carbons (Fsp3) is 0.286. The minimum Gasteiger partial charge on any atom is -0.351 e. The molecule has 1 aromatic heterocycles. The largest absolute Gasteiger partial charge is 0.351 e. The van der Waals surface area contributed by atoms with E-state index in [4.69, 9.17) is 0 Å². The van der Waals surface area contributed by atoms with Crippen LogP contribution in [0.1, 0.15) is 31.0 Å². The molecule has 6 heteroatoms. The molecule has 1 amide bonds. The summed E-state index contributed by atoms with van der Waals surface area (Å²) >= 11 is 0. The second-order valence-electron chi connectivity index (χ2n) is 6.88. The molecule has 2 heterocycles. The summed E-state index contributed by atoms with van der Waals surface area (Å²) in [6.45, 7) is 4.15. The van der Waals surface area contributed by atoms with Crippen LogP contribution >= 0.6 is 0 Å². The molecule has 2 N–H and O–H groups in total. The lowest BCUT2D eigenvalue weighted by molar-refractivity contribution is -0.121. The molecule has 0 bridgehead atoms. The van der Waals surface area contributed by atoms with Gasteiger partial charge in [-0.1, -0.05) is 49.4 Å². The van der Waals surface area contributed by atoms with Crippen molar-refractivity contribution in [3.8, 4) is 0 Å². The highest BCUT2D eigenvalue weighted by molar-refractivity contribution is 5.94. The zero-order valence-corrected chi connectivity index (χ0v) is 15.5. The maximum absolute atomic E-state index is 13.2. The normalized spacial score (nSPS) is 21.2. The molecule has 1 aliphatic heterocycles. The summed E-state index contributed by atoms with van der Waals surface area (Å²) < 4.78 is 1.82. The topological polar surface area (TPSA) is 71.8 Å². The van der Waals surface area contributed by atoms with Crippen LogP contribution in [0.3, 0.4) is 0 Å². The lowest BCUT2D eigenvalue weighted by atomic mass is 9.85. The van der Waals surface area contributed by atoms with Gasteiger partial charge in [-0.25, -0.2) is 4.68 Å². The second-order valence-corrected chi connectivity index (χ2v) is 6.88. The highest BCUT2D eigenvalue weighted by Crippen LogP contribution is 2.36. The fourth-order valence-electron chi connectivity index (χ4n) is 3.69. The summed E-state index contributed by atoms with van der Waals surface area (Å²) in [4.78, 5) is 17.5. The summed E-state index contributed by atoms with van der Waals surface area (Å²) in [5.41, 5.74) is 3.12. The molecule has 0 aliphatic carbocycles. The maximum Gasteiger partial charge on any atom is 0.232 e. The van der Waals surface area contributed by atoms with Gasteiger partial charge in [0.1, 0.15) is 6.33 Å². The molecule has 0 spiro atoms. The number of hydrogen-bond donors (Lipinski definition) is 2. The average molecular weight is 361 g/mol. The van der Waals surface area contributed by atoms with Gasteiger partial charge in [0.05, 0.1) is 12.0 Å². The van der Waals surface area contributed by atoms with Crippen molar-refractivity contribution in [2.75, 3.05) is 10.6 Å². The quantitative estimate of drug-likeness (QED) is 0.746. The maximum atomic E-state index is 13.2. The van der Waals surface area contributed by atoms with Gasteiger partial charge < -0.3 is 10.6 Å². The first-order valence-corrected chi connectivity index (χ1v) is 9.28. The third-order valence-electron chi connectivity index (χ3n) is 5.15. The lowest BCUT2D eigenvalue weighted by Crippen LogP contribution is -2.46. The second kappa shape index (κ2) is 7.23. The summed E-state index contributed by atoms with van der Waals surface area (Å²) in [5, 5.41) is 10.7. The van der Waals surface area contributed by atoms with Gasteiger partial charge in [-0.2, -0.15) is 10.1 Å². The van der Waals surface area contributed by atoms with Gasteiger partial charge in [0.2, 0.25) is 11.9 Å². The van der Waals surface area contributed by atoms with Crippen molar-refractivity contribution < 1.29 is 4.79 Å². The van der Waals surface area contributed by atoms with Crippen LogP contribution in [0.5, 0.6) is 0 Å². The van der Waals surface area contributed by atoms with E-state index < -0.39 is 0 Å². The van der Waals surface area contributed by atoms with Gasteiger partial charge in [-0.05, 0) is 36.6 Å². The van der Waals surface area contributed by atoms with E-state index in [1.165, 1.54) is 11.9 Å². The Morgan fingerprint density at radius 1 is 1.15 bits per heavy atom. The Kier molecular flexibility index (Phi) is 4.62. The summed E-state index contributed by atoms with van der Waals surface area (Å²) in [7, 11) is 0. The number of anilines is 2. The number of aryl methyl sites for hydroxylation is 1. The minimum atomic E-state index is -0.327. The van der Waals surface area contributed by atoms with Crippen molar-refractivity contribution in [3.63, 3.8) is 0 Å². The van der Waals surface area contributed by atoms with Crippen LogP contribution in [-0.4, -0.2) is 26.7 Å². The van der Waals surface area contributed by atoms with Crippen molar-refractivity contribution in [1.29, 1.82) is 0 Å². The van der Waals surface area contributed by atoms with E-state index in [1.54, 1.807) is 0 Å². The van der Waals surface area contributed by atoms with E-state index >= 15 is 0 Å². The first-order valence-electron chi connectivity index (χ1n) is 9.28. The monoisotopic (exact) mass is 361 g/mol. The van der Waals surface area contributed by atoms with E-state index in [0.717, 1.165) is 17.7 Å². The number of carbonyl (C=O) groups is 1. The van der Waals surface area contributed by atoms with Crippen LogP contribution in [0, 0.1) is 5.92 Å². The molecule has 3 atom stereocenters. The summed E-state index contributed by atoms with van der Waals surface area (Å²) in [5.74, 6) is 0.328. The fourth-order valence-corrected chi connectivity index (χ4v) is 3.69. The first-order chi connectivity index (χ1) is 13.2. The number of hydrogen-bond acceptors (Lipinski definition) is 4. The first kappa shape index (κ1) is 17.3. The number of carbonyl (C=O) groups excluding carboxylic acids is 1. The van der Waals surface area contributed by atoms with Crippen LogP contribution in [0.2, 0.25) is 0 Å². The van der Waals surface area contributed by atoms with Crippen LogP contribution < -0.4 is 10.6 Å². The van der Waals surface area contributed by atoms with Crippen LogP contribution in [0.25, 0.3) is 0 Å². The van der Waals surface area contributed by atoms with E-state index in [1.807, 2.05) is 41.9 Å². The molecule has 138 valence electrons. The van der Waals surface area contributed by atoms with Crippen LogP contribution in [0.15, 0.2) is 60.9 Å².